The van der Waals surface area contributed by atoms with Gasteiger partial charge < -0.3 is 15.0 Å². The van der Waals surface area contributed by atoms with E-state index < -0.39 is 17.9 Å². The molecule has 1 aromatic rings. The fourth-order valence-corrected chi connectivity index (χ4v) is 1.85. The highest BCUT2D eigenvalue weighted by atomic mass is 16.5. The van der Waals surface area contributed by atoms with Crippen LogP contribution < -0.4 is 5.32 Å². The normalized spacial score (nSPS) is 18.9. The van der Waals surface area contributed by atoms with Crippen molar-refractivity contribution in [3.63, 3.8) is 0 Å². The predicted molar refractivity (Wildman–Crippen MR) is 60.8 cm³/mol. The molecule has 0 bridgehead atoms. The van der Waals surface area contributed by atoms with Crippen LogP contribution in [-0.2, 0) is 14.3 Å². The Labute approximate surface area is 108 Å². The number of nitrogens with one attached hydrogen (secondary N) is 2. The van der Waals surface area contributed by atoms with E-state index in [9.17, 15) is 14.4 Å². The van der Waals surface area contributed by atoms with Crippen molar-refractivity contribution in [2.75, 3.05) is 20.2 Å². The van der Waals surface area contributed by atoms with Gasteiger partial charge in [-0.05, 0) is 0 Å². The average Bonchev–Trinajstić information content (AvgIpc) is 2.94. The van der Waals surface area contributed by atoms with Gasteiger partial charge >= 0.3 is 5.97 Å². The van der Waals surface area contributed by atoms with Gasteiger partial charge in [0.1, 0.15) is 12.4 Å². The number of nitrogens with zero attached hydrogens (tertiary/aromatic N) is 3. The second-order valence-electron chi connectivity index (χ2n) is 3.92. The molecule has 0 saturated carbocycles. The van der Waals surface area contributed by atoms with Crippen LogP contribution in [-0.4, -0.2) is 64.1 Å². The van der Waals surface area contributed by atoms with Gasteiger partial charge in [-0.1, -0.05) is 0 Å². The van der Waals surface area contributed by atoms with Crippen LogP contribution >= 0.6 is 0 Å². The summed E-state index contributed by atoms with van der Waals surface area (Å²) in [5.74, 6) is -1.38. The van der Waals surface area contributed by atoms with Crippen LogP contribution in [0, 0.1) is 0 Å². The molecule has 2 amide bonds. The van der Waals surface area contributed by atoms with Crippen molar-refractivity contribution in [3.05, 3.63) is 12.2 Å². The van der Waals surface area contributed by atoms with Gasteiger partial charge in [0.15, 0.2) is 0 Å². The Morgan fingerprint density at radius 2 is 2.37 bits per heavy atom. The fourth-order valence-electron chi connectivity index (χ4n) is 1.85. The molecule has 1 fully saturated rings. The lowest BCUT2D eigenvalue weighted by molar-refractivity contribution is -0.145. The minimum atomic E-state index is -0.890. The van der Waals surface area contributed by atoms with Crippen molar-refractivity contribution < 1.29 is 19.1 Å². The summed E-state index contributed by atoms with van der Waals surface area (Å²) in [6.07, 6.45) is 1.01. The van der Waals surface area contributed by atoms with Crippen LogP contribution in [0.15, 0.2) is 6.33 Å². The van der Waals surface area contributed by atoms with Gasteiger partial charge in [0.05, 0.1) is 13.5 Å². The molecule has 1 saturated heterocycles. The van der Waals surface area contributed by atoms with E-state index in [1.807, 2.05) is 0 Å². The van der Waals surface area contributed by atoms with Crippen molar-refractivity contribution in [2.45, 2.75) is 12.5 Å². The number of carbonyl (C=O) groups is 3. The molecule has 9 nitrogen and oxygen atoms in total. The number of esters is 1. The highest BCUT2D eigenvalue weighted by Gasteiger charge is 2.36. The van der Waals surface area contributed by atoms with Crippen molar-refractivity contribution in [3.8, 4) is 0 Å². The first-order chi connectivity index (χ1) is 9.13. The molecule has 19 heavy (non-hydrogen) atoms. The zero-order valence-corrected chi connectivity index (χ0v) is 10.3. The third-order valence-electron chi connectivity index (χ3n) is 2.80. The van der Waals surface area contributed by atoms with E-state index in [4.69, 9.17) is 0 Å². The molecule has 0 radical (unpaired) electrons. The Morgan fingerprint density at radius 3 is 3.00 bits per heavy atom. The molecule has 0 unspecified atom stereocenters. The molecule has 2 rings (SSSR count). The quantitative estimate of drug-likeness (QED) is 0.631. The largest absolute Gasteiger partial charge is 0.469 e. The van der Waals surface area contributed by atoms with E-state index in [0.29, 0.717) is 13.1 Å². The SMILES string of the molecule is COC(=O)C[C@H]1C(=O)NCCN1C(=O)c1ncn[nH]1. The maximum Gasteiger partial charge on any atom is 0.308 e. The van der Waals surface area contributed by atoms with Crippen molar-refractivity contribution in [2.24, 2.45) is 0 Å². The number of H-pyrrole nitrogens is 1. The summed E-state index contributed by atoms with van der Waals surface area (Å²) in [4.78, 5) is 40.3. The maximum absolute atomic E-state index is 12.1. The molecule has 1 aromatic heterocycles. The first-order valence-electron chi connectivity index (χ1n) is 5.64. The molecule has 9 heteroatoms. The molecule has 2 N–H and O–H groups in total. The number of carbonyl (C=O) groups excluding carboxylic acids is 3. The lowest BCUT2D eigenvalue weighted by Gasteiger charge is -2.33. The lowest BCUT2D eigenvalue weighted by atomic mass is 10.1. The van der Waals surface area contributed by atoms with E-state index in [0.717, 1.165) is 0 Å². The van der Waals surface area contributed by atoms with Gasteiger partial charge in [0.25, 0.3) is 5.91 Å². The van der Waals surface area contributed by atoms with Crippen LogP contribution in [0.25, 0.3) is 0 Å². The molecular formula is C10H13N5O4. The van der Waals surface area contributed by atoms with E-state index in [1.165, 1.54) is 18.3 Å². The van der Waals surface area contributed by atoms with E-state index in [-0.39, 0.29) is 18.2 Å². The number of hydrogen-bond donors (Lipinski definition) is 2. The number of aromatic amines is 1. The molecular weight excluding hydrogens is 254 g/mol. The van der Waals surface area contributed by atoms with Gasteiger partial charge in [-0.15, -0.1) is 0 Å². The Kier molecular flexibility index (Phi) is 3.74. The lowest BCUT2D eigenvalue weighted by Crippen LogP contribution is -2.58. The molecule has 102 valence electrons. The molecule has 0 aliphatic carbocycles. The number of rotatable bonds is 3. The summed E-state index contributed by atoms with van der Waals surface area (Å²) < 4.78 is 4.53. The highest BCUT2D eigenvalue weighted by Crippen LogP contribution is 2.12. The second-order valence-corrected chi connectivity index (χ2v) is 3.92. The number of aromatic nitrogens is 3. The van der Waals surface area contributed by atoms with E-state index >= 15 is 0 Å². The average molecular weight is 267 g/mol. The topological polar surface area (TPSA) is 117 Å². The van der Waals surface area contributed by atoms with Crippen LogP contribution in [0.4, 0.5) is 0 Å². The Bertz CT molecular complexity index is 486. The summed E-state index contributed by atoms with van der Waals surface area (Å²) in [5.41, 5.74) is 0. The number of methoxy groups -OCH3 is 1. The monoisotopic (exact) mass is 267 g/mol. The standard InChI is InChI=1S/C10H13N5O4/c1-19-7(16)4-6-9(17)11-2-3-15(6)10(18)8-12-5-13-14-8/h5-6H,2-4H2,1H3,(H,11,17)(H,12,13,14)/t6-/m0/s1. The van der Waals surface area contributed by atoms with Gasteiger partial charge in [-0.2, -0.15) is 5.10 Å². The maximum atomic E-state index is 12.1. The molecule has 1 aliphatic heterocycles. The Hall–Kier alpha value is -2.45. The van der Waals surface area contributed by atoms with Crippen molar-refractivity contribution in [1.82, 2.24) is 25.4 Å². The number of piperazine rings is 1. The van der Waals surface area contributed by atoms with Crippen molar-refractivity contribution in [1.29, 1.82) is 0 Å². The third-order valence-corrected chi connectivity index (χ3v) is 2.80. The zero-order chi connectivity index (χ0) is 13.8. The smallest absolute Gasteiger partial charge is 0.308 e. The van der Waals surface area contributed by atoms with Crippen molar-refractivity contribution >= 4 is 17.8 Å². The Morgan fingerprint density at radius 1 is 1.58 bits per heavy atom. The van der Waals surface area contributed by atoms with Gasteiger partial charge in [-0.3, -0.25) is 19.5 Å². The minimum absolute atomic E-state index is 0.0320. The molecule has 1 atom stereocenters. The number of hydrogen-bond acceptors (Lipinski definition) is 6. The first kappa shape index (κ1) is 13.0. The fraction of sp³-hybridized carbons (Fsp3) is 0.500. The second kappa shape index (κ2) is 5.46. The summed E-state index contributed by atoms with van der Waals surface area (Å²) >= 11 is 0. The summed E-state index contributed by atoms with van der Waals surface area (Å²) in [7, 11) is 1.23. The van der Waals surface area contributed by atoms with Gasteiger partial charge in [-0.25, -0.2) is 4.98 Å². The zero-order valence-electron chi connectivity index (χ0n) is 10.3. The van der Waals surface area contributed by atoms with E-state index in [2.05, 4.69) is 25.2 Å². The highest BCUT2D eigenvalue weighted by molar-refractivity contribution is 5.97. The van der Waals surface area contributed by atoms with Crippen LogP contribution in [0.3, 0.4) is 0 Å². The minimum Gasteiger partial charge on any atom is -0.469 e. The number of ether oxygens (including phenoxy) is 1. The Balaban J connectivity index is 2.17. The summed E-state index contributed by atoms with van der Waals surface area (Å²) in [5, 5.41) is 8.63. The molecule has 0 aromatic carbocycles. The van der Waals surface area contributed by atoms with Crippen LogP contribution in [0.5, 0.6) is 0 Å². The number of amides is 2. The molecule has 0 spiro atoms. The third kappa shape index (κ3) is 2.69. The molecule has 1 aliphatic rings. The summed E-state index contributed by atoms with van der Waals surface area (Å²) in [6, 6.07) is -0.890. The predicted octanol–water partition coefficient (Wildman–Crippen LogP) is -1.69. The van der Waals surface area contributed by atoms with Crippen LogP contribution in [0.1, 0.15) is 17.0 Å². The van der Waals surface area contributed by atoms with Gasteiger partial charge in [0.2, 0.25) is 11.7 Å². The summed E-state index contributed by atoms with van der Waals surface area (Å²) in [6.45, 7) is 0.628. The van der Waals surface area contributed by atoms with Gasteiger partial charge in [0, 0.05) is 13.1 Å². The van der Waals surface area contributed by atoms with E-state index in [1.54, 1.807) is 0 Å². The first-order valence-corrected chi connectivity index (χ1v) is 5.64. The molecule has 2 heterocycles. The van der Waals surface area contributed by atoms with Crippen LogP contribution in [0.2, 0.25) is 0 Å².